The molecule has 2 N–H and O–H groups in total. The summed E-state index contributed by atoms with van der Waals surface area (Å²) in [6.45, 7) is 9.45. The van der Waals surface area contributed by atoms with Gasteiger partial charge in [0.15, 0.2) is 0 Å². The van der Waals surface area contributed by atoms with Crippen LogP contribution < -0.4 is 5.73 Å². The van der Waals surface area contributed by atoms with Gasteiger partial charge in [-0.3, -0.25) is 4.90 Å². The number of sulfonamides is 1. The topological polar surface area (TPSA) is 66.6 Å². The van der Waals surface area contributed by atoms with E-state index >= 15 is 0 Å². The number of nitrogens with zero attached hydrogens (tertiary/aromatic N) is 2. The molecule has 1 aliphatic heterocycles. The Labute approximate surface area is 111 Å². The maximum atomic E-state index is 12.1. The predicted octanol–water partition coefficient (Wildman–Crippen LogP) is 0.327. The largest absolute Gasteiger partial charge is 0.329 e. The summed E-state index contributed by atoms with van der Waals surface area (Å²) in [6.07, 6.45) is 1.02. The molecular formula is C12H27N3O2S. The first-order valence-corrected chi connectivity index (χ1v) is 8.43. The van der Waals surface area contributed by atoms with Gasteiger partial charge in [0.05, 0.1) is 5.75 Å². The third-order valence-electron chi connectivity index (χ3n) is 3.47. The quantitative estimate of drug-likeness (QED) is 0.759. The van der Waals surface area contributed by atoms with Crippen LogP contribution in [-0.2, 0) is 10.0 Å². The molecule has 0 amide bonds. The molecule has 6 heteroatoms. The summed E-state index contributed by atoms with van der Waals surface area (Å²) >= 11 is 0. The van der Waals surface area contributed by atoms with E-state index < -0.39 is 10.0 Å². The fraction of sp³-hybridized carbons (Fsp3) is 1.00. The van der Waals surface area contributed by atoms with Crippen LogP contribution in [0.2, 0.25) is 0 Å². The Morgan fingerprint density at radius 3 is 2.11 bits per heavy atom. The maximum absolute atomic E-state index is 12.1. The molecule has 1 aliphatic rings. The molecule has 1 atom stereocenters. The Kier molecular flexibility index (Phi) is 6.04. The zero-order chi connectivity index (χ0) is 13.8. The standard InChI is InChI=1S/C12H27N3O2S/c1-4-12(9-13)14-5-7-15(8-6-14)18(16,17)10-11(2)3/h11-12H,4-10,13H2,1-3H3. The summed E-state index contributed by atoms with van der Waals surface area (Å²) in [5.74, 6) is 0.432. The number of nitrogens with two attached hydrogens (primary N) is 1. The lowest BCUT2D eigenvalue weighted by molar-refractivity contribution is 0.137. The van der Waals surface area contributed by atoms with Gasteiger partial charge in [-0.25, -0.2) is 8.42 Å². The van der Waals surface area contributed by atoms with Crippen LogP contribution in [0.15, 0.2) is 0 Å². The minimum atomic E-state index is -3.07. The summed E-state index contributed by atoms with van der Waals surface area (Å²) in [5, 5.41) is 0. The normalized spacial score (nSPS) is 21.4. The van der Waals surface area contributed by atoms with Gasteiger partial charge in [-0.05, 0) is 12.3 Å². The minimum Gasteiger partial charge on any atom is -0.329 e. The lowest BCUT2D eigenvalue weighted by Gasteiger charge is -2.38. The summed E-state index contributed by atoms with van der Waals surface area (Å²) in [7, 11) is -3.07. The second-order valence-electron chi connectivity index (χ2n) is 5.41. The molecular weight excluding hydrogens is 250 g/mol. The van der Waals surface area contributed by atoms with Gasteiger partial charge in [-0.1, -0.05) is 20.8 Å². The third-order valence-corrected chi connectivity index (χ3v) is 5.71. The molecule has 0 radical (unpaired) electrons. The summed E-state index contributed by atoms with van der Waals surface area (Å²) < 4.78 is 25.8. The molecule has 1 fully saturated rings. The van der Waals surface area contributed by atoms with Crippen LogP contribution in [0.4, 0.5) is 0 Å². The second-order valence-corrected chi connectivity index (χ2v) is 7.42. The number of rotatable bonds is 6. The highest BCUT2D eigenvalue weighted by molar-refractivity contribution is 7.89. The molecule has 0 aromatic carbocycles. The van der Waals surface area contributed by atoms with Gasteiger partial charge < -0.3 is 5.73 Å². The van der Waals surface area contributed by atoms with Crippen molar-refractivity contribution < 1.29 is 8.42 Å². The Bertz CT molecular complexity index is 331. The Hall–Kier alpha value is -0.170. The van der Waals surface area contributed by atoms with Crippen LogP contribution in [0, 0.1) is 5.92 Å². The van der Waals surface area contributed by atoms with E-state index in [2.05, 4.69) is 11.8 Å². The Balaban J connectivity index is 2.53. The summed E-state index contributed by atoms with van der Waals surface area (Å²) in [6, 6.07) is 0.389. The van der Waals surface area contributed by atoms with Crippen LogP contribution in [0.25, 0.3) is 0 Å². The summed E-state index contributed by atoms with van der Waals surface area (Å²) in [5.41, 5.74) is 5.73. The number of hydrogen-bond acceptors (Lipinski definition) is 4. The van der Waals surface area contributed by atoms with E-state index in [9.17, 15) is 8.42 Å². The van der Waals surface area contributed by atoms with Crippen molar-refractivity contribution in [2.75, 3.05) is 38.5 Å². The SMILES string of the molecule is CCC(CN)N1CCN(S(=O)(=O)CC(C)C)CC1. The van der Waals surface area contributed by atoms with Crippen LogP contribution in [0.3, 0.4) is 0 Å². The molecule has 0 saturated carbocycles. The van der Waals surface area contributed by atoms with Crippen molar-refractivity contribution in [3.63, 3.8) is 0 Å². The van der Waals surface area contributed by atoms with Gasteiger partial charge in [-0.15, -0.1) is 0 Å². The van der Waals surface area contributed by atoms with Crippen molar-refractivity contribution in [2.45, 2.75) is 33.2 Å². The van der Waals surface area contributed by atoms with Crippen molar-refractivity contribution >= 4 is 10.0 Å². The fourth-order valence-corrected chi connectivity index (χ4v) is 4.22. The van der Waals surface area contributed by atoms with Crippen LogP contribution in [0.5, 0.6) is 0 Å². The Morgan fingerprint density at radius 2 is 1.72 bits per heavy atom. The molecule has 1 saturated heterocycles. The average molecular weight is 277 g/mol. The minimum absolute atomic E-state index is 0.181. The molecule has 0 aromatic heterocycles. The molecule has 0 bridgehead atoms. The van der Waals surface area contributed by atoms with Crippen molar-refractivity contribution in [1.29, 1.82) is 0 Å². The van der Waals surface area contributed by atoms with E-state index in [1.54, 1.807) is 4.31 Å². The predicted molar refractivity (Wildman–Crippen MR) is 74.9 cm³/mol. The van der Waals surface area contributed by atoms with Gasteiger partial charge in [0.25, 0.3) is 0 Å². The van der Waals surface area contributed by atoms with E-state index in [1.807, 2.05) is 13.8 Å². The first-order valence-electron chi connectivity index (χ1n) is 6.82. The van der Waals surface area contributed by atoms with Gasteiger partial charge in [0.2, 0.25) is 10.0 Å². The molecule has 0 aromatic rings. The highest BCUT2D eigenvalue weighted by Crippen LogP contribution is 2.13. The monoisotopic (exact) mass is 277 g/mol. The zero-order valence-corrected chi connectivity index (χ0v) is 12.6. The van der Waals surface area contributed by atoms with Gasteiger partial charge in [0.1, 0.15) is 0 Å². The molecule has 1 rings (SSSR count). The lowest BCUT2D eigenvalue weighted by Crippen LogP contribution is -2.54. The van der Waals surface area contributed by atoms with Crippen molar-refractivity contribution in [1.82, 2.24) is 9.21 Å². The van der Waals surface area contributed by atoms with E-state index in [-0.39, 0.29) is 11.7 Å². The molecule has 1 heterocycles. The highest BCUT2D eigenvalue weighted by Gasteiger charge is 2.29. The zero-order valence-electron chi connectivity index (χ0n) is 11.8. The Morgan fingerprint density at radius 1 is 1.17 bits per heavy atom. The molecule has 1 unspecified atom stereocenters. The van der Waals surface area contributed by atoms with Crippen LogP contribution in [-0.4, -0.2) is 62.1 Å². The van der Waals surface area contributed by atoms with E-state index in [1.165, 1.54) is 0 Å². The number of hydrogen-bond donors (Lipinski definition) is 1. The highest BCUT2D eigenvalue weighted by atomic mass is 32.2. The van der Waals surface area contributed by atoms with Crippen molar-refractivity contribution in [2.24, 2.45) is 11.7 Å². The smallest absolute Gasteiger partial charge is 0.214 e. The van der Waals surface area contributed by atoms with Crippen LogP contribution >= 0.6 is 0 Å². The molecule has 0 spiro atoms. The van der Waals surface area contributed by atoms with E-state index in [0.29, 0.717) is 25.7 Å². The van der Waals surface area contributed by atoms with Crippen LogP contribution in [0.1, 0.15) is 27.2 Å². The van der Waals surface area contributed by atoms with Gasteiger partial charge >= 0.3 is 0 Å². The molecule has 18 heavy (non-hydrogen) atoms. The van der Waals surface area contributed by atoms with E-state index in [0.717, 1.165) is 19.5 Å². The van der Waals surface area contributed by atoms with Gasteiger partial charge in [-0.2, -0.15) is 4.31 Å². The average Bonchev–Trinajstić information content (AvgIpc) is 2.29. The maximum Gasteiger partial charge on any atom is 0.214 e. The second kappa shape index (κ2) is 6.84. The first kappa shape index (κ1) is 15.9. The van der Waals surface area contributed by atoms with Crippen molar-refractivity contribution in [3.05, 3.63) is 0 Å². The van der Waals surface area contributed by atoms with E-state index in [4.69, 9.17) is 5.73 Å². The lowest BCUT2D eigenvalue weighted by atomic mass is 10.1. The molecule has 5 nitrogen and oxygen atoms in total. The first-order chi connectivity index (χ1) is 8.40. The molecule has 0 aliphatic carbocycles. The van der Waals surface area contributed by atoms with Crippen molar-refractivity contribution in [3.8, 4) is 0 Å². The fourth-order valence-electron chi connectivity index (χ4n) is 2.45. The third kappa shape index (κ3) is 4.19. The summed E-state index contributed by atoms with van der Waals surface area (Å²) in [4.78, 5) is 2.31. The number of piperazine rings is 1. The molecule has 108 valence electrons. The van der Waals surface area contributed by atoms with Gasteiger partial charge in [0, 0.05) is 38.8 Å².